The number of methoxy groups -OCH3 is 1. The van der Waals surface area contributed by atoms with Crippen LogP contribution in [0.25, 0.3) is 11.4 Å². The molecule has 2 aromatic rings. The van der Waals surface area contributed by atoms with E-state index in [1.54, 1.807) is 18.6 Å². The van der Waals surface area contributed by atoms with Gasteiger partial charge in [0.15, 0.2) is 5.69 Å². The molecule has 0 atom stereocenters. The highest BCUT2D eigenvalue weighted by Gasteiger charge is 2.09. The topological polar surface area (TPSA) is 60.8 Å². The molecule has 0 fully saturated rings. The fourth-order valence-electron chi connectivity index (χ4n) is 1.11. The van der Waals surface area contributed by atoms with Crippen molar-refractivity contribution in [3.8, 4) is 17.3 Å². The van der Waals surface area contributed by atoms with E-state index in [0.717, 1.165) is 0 Å². The van der Waals surface area contributed by atoms with Crippen LogP contribution in [-0.2, 0) is 0 Å². The number of halogens is 1. The minimum atomic E-state index is 0.306. The maximum atomic E-state index is 5.73. The van der Waals surface area contributed by atoms with Crippen LogP contribution in [0, 0.1) is 0 Å². The second kappa shape index (κ2) is 4.18. The Bertz CT molecular complexity index is 477. The molecule has 0 aliphatic heterocycles. The molecule has 0 radical (unpaired) electrons. The van der Waals surface area contributed by atoms with Crippen molar-refractivity contribution in [1.29, 1.82) is 0 Å². The van der Waals surface area contributed by atoms with Gasteiger partial charge in [-0.05, 0) is 0 Å². The molecule has 0 saturated carbocycles. The molecular weight excluding hydrogens is 216 g/mol. The lowest BCUT2D eigenvalue weighted by molar-refractivity contribution is 0.397. The molecule has 15 heavy (non-hydrogen) atoms. The van der Waals surface area contributed by atoms with Crippen LogP contribution in [0.15, 0.2) is 24.8 Å². The van der Waals surface area contributed by atoms with Crippen LogP contribution in [-0.4, -0.2) is 27.0 Å². The summed E-state index contributed by atoms with van der Waals surface area (Å²) in [5, 5.41) is 0.306. The van der Waals surface area contributed by atoms with Gasteiger partial charge < -0.3 is 4.74 Å². The summed E-state index contributed by atoms with van der Waals surface area (Å²) in [6.07, 6.45) is 6.10. The fraction of sp³-hybridized carbons (Fsp3) is 0.111. The highest BCUT2D eigenvalue weighted by Crippen LogP contribution is 2.23. The Balaban J connectivity index is 2.53. The lowest BCUT2D eigenvalue weighted by Crippen LogP contribution is -1.96. The molecule has 0 aromatic carbocycles. The van der Waals surface area contributed by atoms with Crippen LogP contribution in [0.4, 0.5) is 0 Å². The van der Waals surface area contributed by atoms with E-state index in [1.165, 1.54) is 13.3 Å². The first-order valence-electron chi connectivity index (χ1n) is 4.14. The second-order valence-corrected chi connectivity index (χ2v) is 3.03. The van der Waals surface area contributed by atoms with Gasteiger partial charge in [-0.2, -0.15) is 0 Å². The smallest absolute Gasteiger partial charge is 0.242 e. The number of ether oxygens (including phenoxy) is 1. The molecule has 6 heteroatoms. The fourth-order valence-corrected chi connectivity index (χ4v) is 1.25. The number of hydrogen-bond donors (Lipinski definition) is 0. The standard InChI is InChI=1S/C9H7ClN4O/c1-15-9-8(12-2-3-13-9)6-4-11-5-7(10)14-6/h2-5H,1H3. The quantitative estimate of drug-likeness (QED) is 0.772. The van der Waals surface area contributed by atoms with Gasteiger partial charge in [-0.15, -0.1) is 0 Å². The van der Waals surface area contributed by atoms with Crippen molar-refractivity contribution in [1.82, 2.24) is 19.9 Å². The number of aromatic nitrogens is 4. The number of hydrogen-bond acceptors (Lipinski definition) is 5. The van der Waals surface area contributed by atoms with Gasteiger partial charge >= 0.3 is 0 Å². The van der Waals surface area contributed by atoms with Crippen LogP contribution in [0.2, 0.25) is 5.15 Å². The van der Waals surface area contributed by atoms with Crippen LogP contribution in [0.3, 0.4) is 0 Å². The zero-order valence-corrected chi connectivity index (χ0v) is 8.64. The Morgan fingerprint density at radius 2 is 2.00 bits per heavy atom. The molecule has 0 spiro atoms. The van der Waals surface area contributed by atoms with E-state index in [1.807, 2.05) is 0 Å². The molecule has 2 heterocycles. The lowest BCUT2D eigenvalue weighted by atomic mass is 10.3. The van der Waals surface area contributed by atoms with Gasteiger partial charge in [-0.25, -0.2) is 15.0 Å². The Labute approximate surface area is 91.1 Å². The van der Waals surface area contributed by atoms with Gasteiger partial charge in [0.05, 0.1) is 19.5 Å². The van der Waals surface area contributed by atoms with Gasteiger partial charge in [0.25, 0.3) is 0 Å². The van der Waals surface area contributed by atoms with E-state index in [2.05, 4.69) is 19.9 Å². The van der Waals surface area contributed by atoms with E-state index in [9.17, 15) is 0 Å². The predicted octanol–water partition coefficient (Wildman–Crippen LogP) is 1.60. The van der Waals surface area contributed by atoms with Crippen molar-refractivity contribution in [3.05, 3.63) is 29.9 Å². The third-order valence-corrected chi connectivity index (χ3v) is 1.89. The molecule has 0 saturated heterocycles. The van der Waals surface area contributed by atoms with Gasteiger partial charge in [0, 0.05) is 12.4 Å². The van der Waals surface area contributed by atoms with Gasteiger partial charge in [-0.1, -0.05) is 11.6 Å². The molecule has 2 aromatic heterocycles. The summed E-state index contributed by atoms with van der Waals surface area (Å²) >= 11 is 5.73. The molecule has 76 valence electrons. The monoisotopic (exact) mass is 222 g/mol. The van der Waals surface area contributed by atoms with Crippen LogP contribution in [0.5, 0.6) is 5.88 Å². The average Bonchev–Trinajstić information content (AvgIpc) is 2.29. The van der Waals surface area contributed by atoms with Crippen LogP contribution < -0.4 is 4.74 Å². The maximum absolute atomic E-state index is 5.73. The van der Waals surface area contributed by atoms with E-state index in [0.29, 0.717) is 22.4 Å². The molecule has 0 aliphatic carbocycles. The van der Waals surface area contributed by atoms with Crippen LogP contribution >= 0.6 is 11.6 Å². The minimum absolute atomic E-state index is 0.306. The van der Waals surface area contributed by atoms with Crippen molar-refractivity contribution < 1.29 is 4.74 Å². The molecular formula is C9H7ClN4O. The van der Waals surface area contributed by atoms with E-state index < -0.39 is 0 Å². The Morgan fingerprint density at radius 3 is 2.73 bits per heavy atom. The average molecular weight is 223 g/mol. The van der Waals surface area contributed by atoms with Gasteiger partial charge in [0.1, 0.15) is 10.8 Å². The van der Waals surface area contributed by atoms with E-state index in [4.69, 9.17) is 16.3 Å². The minimum Gasteiger partial charge on any atom is -0.479 e. The highest BCUT2D eigenvalue weighted by atomic mass is 35.5. The van der Waals surface area contributed by atoms with Gasteiger partial charge in [0.2, 0.25) is 5.88 Å². The number of nitrogens with zero attached hydrogens (tertiary/aromatic N) is 4. The zero-order chi connectivity index (χ0) is 10.7. The molecule has 0 unspecified atom stereocenters. The lowest BCUT2D eigenvalue weighted by Gasteiger charge is -2.04. The third-order valence-electron chi connectivity index (χ3n) is 1.71. The largest absolute Gasteiger partial charge is 0.479 e. The molecule has 0 bridgehead atoms. The van der Waals surface area contributed by atoms with Crippen molar-refractivity contribution in [2.45, 2.75) is 0 Å². The summed E-state index contributed by atoms with van der Waals surface area (Å²) < 4.78 is 5.06. The second-order valence-electron chi connectivity index (χ2n) is 2.64. The third kappa shape index (κ3) is 2.02. The van der Waals surface area contributed by atoms with E-state index in [-0.39, 0.29) is 0 Å². The first-order valence-corrected chi connectivity index (χ1v) is 4.52. The highest BCUT2D eigenvalue weighted by molar-refractivity contribution is 6.29. The Kier molecular flexibility index (Phi) is 2.73. The molecule has 5 nitrogen and oxygen atoms in total. The number of rotatable bonds is 2. The Hall–Kier alpha value is -1.75. The molecule has 0 N–H and O–H groups in total. The maximum Gasteiger partial charge on any atom is 0.242 e. The van der Waals surface area contributed by atoms with Gasteiger partial charge in [-0.3, -0.25) is 4.98 Å². The van der Waals surface area contributed by atoms with Crippen molar-refractivity contribution in [2.24, 2.45) is 0 Å². The molecule has 0 amide bonds. The zero-order valence-electron chi connectivity index (χ0n) is 7.88. The van der Waals surface area contributed by atoms with E-state index >= 15 is 0 Å². The normalized spacial score (nSPS) is 10.0. The van der Waals surface area contributed by atoms with Crippen molar-refractivity contribution in [3.63, 3.8) is 0 Å². The summed E-state index contributed by atoms with van der Waals surface area (Å²) in [7, 11) is 1.52. The van der Waals surface area contributed by atoms with Crippen molar-refractivity contribution >= 4 is 11.6 Å². The Morgan fingerprint density at radius 1 is 1.20 bits per heavy atom. The first-order chi connectivity index (χ1) is 7.31. The summed E-state index contributed by atoms with van der Waals surface area (Å²) in [5.74, 6) is 0.397. The molecule has 0 aliphatic rings. The summed E-state index contributed by atoms with van der Waals surface area (Å²) in [4.78, 5) is 16.1. The summed E-state index contributed by atoms with van der Waals surface area (Å²) in [6, 6.07) is 0. The van der Waals surface area contributed by atoms with Crippen molar-refractivity contribution in [2.75, 3.05) is 7.11 Å². The molecule has 2 rings (SSSR count). The SMILES string of the molecule is COc1nccnc1-c1cncc(Cl)n1. The summed E-state index contributed by atoms with van der Waals surface area (Å²) in [6.45, 7) is 0. The summed E-state index contributed by atoms with van der Waals surface area (Å²) in [5.41, 5.74) is 1.06. The first kappa shape index (κ1) is 9.79. The van der Waals surface area contributed by atoms with Crippen LogP contribution in [0.1, 0.15) is 0 Å². The predicted molar refractivity (Wildman–Crippen MR) is 54.6 cm³/mol.